The van der Waals surface area contributed by atoms with Crippen molar-refractivity contribution in [1.82, 2.24) is 24.9 Å². The minimum Gasteiger partial charge on any atom is -0.471 e. The molecule has 8 heteroatoms. The van der Waals surface area contributed by atoms with Crippen LogP contribution in [0.1, 0.15) is 23.1 Å². The number of hydrogen-bond acceptors (Lipinski definition) is 4. The van der Waals surface area contributed by atoms with Crippen LogP contribution < -0.4 is 10.1 Å². The van der Waals surface area contributed by atoms with Crippen molar-refractivity contribution in [2.24, 2.45) is 0 Å². The van der Waals surface area contributed by atoms with Gasteiger partial charge in [0.25, 0.3) is 5.91 Å². The van der Waals surface area contributed by atoms with Gasteiger partial charge in [-0.2, -0.15) is 10.2 Å². The molecule has 7 nitrogen and oxygen atoms in total. The highest BCUT2D eigenvalue weighted by molar-refractivity contribution is 5.92. The Kier molecular flexibility index (Phi) is 5.08. The molecule has 130 valence electrons. The highest BCUT2D eigenvalue weighted by Gasteiger charge is 2.10. The zero-order chi connectivity index (χ0) is 17.6. The first-order chi connectivity index (χ1) is 12.1. The number of rotatable bonds is 7. The van der Waals surface area contributed by atoms with Crippen LogP contribution in [0.4, 0.5) is 4.39 Å². The predicted molar refractivity (Wildman–Crippen MR) is 88.3 cm³/mol. The third-order valence-electron chi connectivity index (χ3n) is 3.50. The van der Waals surface area contributed by atoms with E-state index in [1.165, 1.54) is 28.9 Å². The fraction of sp³-hybridized carbons (Fsp3) is 0.235. The molecule has 0 fully saturated rings. The van der Waals surface area contributed by atoms with Crippen LogP contribution in [0, 0.1) is 5.82 Å². The summed E-state index contributed by atoms with van der Waals surface area (Å²) in [7, 11) is 0. The molecule has 2 aromatic heterocycles. The number of halogens is 1. The monoisotopic (exact) mass is 343 g/mol. The normalized spacial score (nSPS) is 10.6. The summed E-state index contributed by atoms with van der Waals surface area (Å²) in [6.07, 6.45) is 3.51. The van der Waals surface area contributed by atoms with Gasteiger partial charge in [0.1, 0.15) is 17.3 Å². The maximum atomic E-state index is 12.8. The molecule has 0 saturated carbocycles. The number of benzene rings is 1. The summed E-state index contributed by atoms with van der Waals surface area (Å²) in [6.45, 7) is 3.24. The second-order valence-corrected chi connectivity index (χ2v) is 5.31. The van der Waals surface area contributed by atoms with Crippen molar-refractivity contribution in [2.45, 2.75) is 26.7 Å². The molecule has 3 rings (SSSR count). The van der Waals surface area contributed by atoms with Crippen LogP contribution in [-0.2, 0) is 19.8 Å². The van der Waals surface area contributed by atoms with Gasteiger partial charge in [0.2, 0.25) is 0 Å². The molecule has 2 heterocycles. The van der Waals surface area contributed by atoms with Crippen molar-refractivity contribution in [3.8, 4) is 5.75 Å². The number of aryl methyl sites for hydroxylation is 1. The average Bonchev–Trinajstić information content (AvgIpc) is 3.28. The summed E-state index contributed by atoms with van der Waals surface area (Å²) in [4.78, 5) is 12.1. The van der Waals surface area contributed by atoms with Crippen molar-refractivity contribution in [3.63, 3.8) is 0 Å². The first-order valence-corrected chi connectivity index (χ1v) is 7.86. The van der Waals surface area contributed by atoms with E-state index in [0.29, 0.717) is 12.3 Å². The zero-order valence-electron chi connectivity index (χ0n) is 13.7. The van der Waals surface area contributed by atoms with Gasteiger partial charge < -0.3 is 10.1 Å². The van der Waals surface area contributed by atoms with Crippen molar-refractivity contribution >= 4 is 5.91 Å². The van der Waals surface area contributed by atoms with E-state index >= 15 is 0 Å². The Balaban J connectivity index is 1.51. The Morgan fingerprint density at radius 1 is 1.12 bits per heavy atom. The molecule has 0 bridgehead atoms. The van der Waals surface area contributed by atoms with E-state index in [0.717, 1.165) is 12.2 Å². The lowest BCUT2D eigenvalue weighted by Gasteiger charge is -2.05. The number of nitrogens with one attached hydrogen (secondary N) is 1. The molecule has 1 N–H and O–H groups in total. The summed E-state index contributed by atoms with van der Waals surface area (Å²) in [5.74, 6) is -0.0878. The fourth-order valence-corrected chi connectivity index (χ4v) is 2.16. The molecule has 0 unspecified atom stereocenters. The largest absolute Gasteiger partial charge is 0.471 e. The van der Waals surface area contributed by atoms with E-state index in [-0.39, 0.29) is 24.1 Å². The first kappa shape index (κ1) is 16.7. The molecule has 1 amide bonds. The third-order valence-corrected chi connectivity index (χ3v) is 3.50. The SMILES string of the molecule is CCn1ccc(CNC(=O)c2ccn(COc3ccc(F)cc3)n2)n1. The van der Waals surface area contributed by atoms with E-state index in [4.69, 9.17) is 4.74 Å². The standard InChI is InChI=1S/C17H18FN5O2/c1-2-22-9-7-14(20-22)11-19-17(24)16-8-10-23(21-16)12-25-15-5-3-13(18)4-6-15/h3-10H,2,11-12H2,1H3,(H,19,24). The fourth-order valence-electron chi connectivity index (χ4n) is 2.16. The first-order valence-electron chi connectivity index (χ1n) is 7.86. The third kappa shape index (κ3) is 4.43. The van der Waals surface area contributed by atoms with Crippen molar-refractivity contribution < 1.29 is 13.9 Å². The van der Waals surface area contributed by atoms with Gasteiger partial charge in [-0.3, -0.25) is 9.48 Å². The van der Waals surface area contributed by atoms with Crippen molar-refractivity contribution in [2.75, 3.05) is 0 Å². The Morgan fingerprint density at radius 2 is 1.88 bits per heavy atom. The Hall–Kier alpha value is -3.16. The summed E-state index contributed by atoms with van der Waals surface area (Å²) >= 11 is 0. The van der Waals surface area contributed by atoms with Crippen LogP contribution in [0.2, 0.25) is 0 Å². The van der Waals surface area contributed by atoms with Crippen molar-refractivity contribution in [3.05, 3.63) is 66.0 Å². The van der Waals surface area contributed by atoms with E-state index in [1.54, 1.807) is 16.9 Å². The predicted octanol–water partition coefficient (Wildman–Crippen LogP) is 2.21. The highest BCUT2D eigenvalue weighted by atomic mass is 19.1. The number of ether oxygens (including phenoxy) is 1. The van der Waals surface area contributed by atoms with Crippen LogP contribution in [0.3, 0.4) is 0 Å². The molecular weight excluding hydrogens is 325 g/mol. The van der Waals surface area contributed by atoms with Crippen LogP contribution in [-0.4, -0.2) is 25.5 Å². The molecule has 0 saturated heterocycles. The quantitative estimate of drug-likeness (QED) is 0.714. The second-order valence-electron chi connectivity index (χ2n) is 5.31. The summed E-state index contributed by atoms with van der Waals surface area (Å²) < 4.78 is 21.6. The Morgan fingerprint density at radius 3 is 2.60 bits per heavy atom. The number of carbonyl (C=O) groups is 1. The topological polar surface area (TPSA) is 74.0 Å². The van der Waals surface area contributed by atoms with Crippen LogP contribution >= 0.6 is 0 Å². The zero-order valence-corrected chi connectivity index (χ0v) is 13.7. The van der Waals surface area contributed by atoms with Gasteiger partial charge in [-0.15, -0.1) is 0 Å². The van der Waals surface area contributed by atoms with Gasteiger partial charge in [0.15, 0.2) is 6.73 Å². The summed E-state index contributed by atoms with van der Waals surface area (Å²) in [5, 5.41) is 11.2. The molecule has 3 aromatic rings. The lowest BCUT2D eigenvalue weighted by atomic mass is 10.3. The van der Waals surface area contributed by atoms with Crippen LogP contribution in [0.15, 0.2) is 48.8 Å². The lowest BCUT2D eigenvalue weighted by molar-refractivity contribution is 0.0943. The van der Waals surface area contributed by atoms with Crippen LogP contribution in [0.25, 0.3) is 0 Å². The minimum atomic E-state index is -0.325. The molecule has 0 aliphatic carbocycles. The van der Waals surface area contributed by atoms with Gasteiger partial charge >= 0.3 is 0 Å². The lowest BCUT2D eigenvalue weighted by Crippen LogP contribution is -2.24. The van der Waals surface area contributed by atoms with E-state index in [1.807, 2.05) is 19.2 Å². The summed E-state index contributed by atoms with van der Waals surface area (Å²) in [6, 6.07) is 9.16. The van der Waals surface area contributed by atoms with Gasteiger partial charge in [-0.05, 0) is 43.3 Å². The molecular formula is C17H18FN5O2. The maximum Gasteiger partial charge on any atom is 0.272 e. The molecule has 0 aliphatic rings. The Bertz CT molecular complexity index is 841. The minimum absolute atomic E-state index is 0.125. The number of amides is 1. The molecule has 25 heavy (non-hydrogen) atoms. The number of carbonyl (C=O) groups excluding carboxylic acids is 1. The maximum absolute atomic E-state index is 12.8. The Labute approximate surface area is 144 Å². The van der Waals surface area contributed by atoms with E-state index in [9.17, 15) is 9.18 Å². The average molecular weight is 343 g/mol. The van der Waals surface area contributed by atoms with Crippen molar-refractivity contribution in [1.29, 1.82) is 0 Å². The number of aromatic nitrogens is 4. The smallest absolute Gasteiger partial charge is 0.272 e. The molecule has 0 radical (unpaired) electrons. The van der Waals surface area contributed by atoms with Crippen LogP contribution in [0.5, 0.6) is 5.75 Å². The highest BCUT2D eigenvalue weighted by Crippen LogP contribution is 2.11. The van der Waals surface area contributed by atoms with E-state index in [2.05, 4.69) is 15.5 Å². The van der Waals surface area contributed by atoms with E-state index < -0.39 is 0 Å². The van der Waals surface area contributed by atoms with Gasteiger partial charge in [-0.25, -0.2) is 9.07 Å². The number of hydrogen-bond donors (Lipinski definition) is 1. The number of nitrogens with zero attached hydrogens (tertiary/aromatic N) is 4. The van der Waals surface area contributed by atoms with Gasteiger partial charge in [0.05, 0.1) is 12.2 Å². The molecule has 0 aliphatic heterocycles. The van der Waals surface area contributed by atoms with Gasteiger partial charge in [-0.1, -0.05) is 0 Å². The van der Waals surface area contributed by atoms with Gasteiger partial charge in [0, 0.05) is 18.9 Å². The summed E-state index contributed by atoms with van der Waals surface area (Å²) in [5.41, 5.74) is 1.08. The second kappa shape index (κ2) is 7.61. The molecule has 0 atom stereocenters. The molecule has 1 aromatic carbocycles. The molecule has 0 spiro atoms.